The van der Waals surface area contributed by atoms with Crippen LogP contribution in [0.3, 0.4) is 0 Å². The quantitative estimate of drug-likeness (QED) is 0.899. The van der Waals surface area contributed by atoms with Crippen molar-refractivity contribution < 1.29 is 0 Å². The van der Waals surface area contributed by atoms with Crippen molar-refractivity contribution in [3.8, 4) is 0 Å². The first kappa shape index (κ1) is 12.6. The Balaban J connectivity index is 2.07. The van der Waals surface area contributed by atoms with E-state index in [4.69, 9.17) is 0 Å². The van der Waals surface area contributed by atoms with Gasteiger partial charge in [-0.3, -0.25) is 0 Å². The van der Waals surface area contributed by atoms with Gasteiger partial charge in [-0.05, 0) is 34.7 Å². The Morgan fingerprint density at radius 2 is 2.06 bits per heavy atom. The minimum Gasteiger partial charge on any atom is -0.372 e. The van der Waals surface area contributed by atoms with Crippen LogP contribution in [-0.4, -0.2) is 23.1 Å². The summed E-state index contributed by atoms with van der Waals surface area (Å²) in [7, 11) is 1.86. The standard InChI is InChI=1S/C12H19BrN4/c1-8-4-3-5-9(6-8)17-12-10(13)11(14-2)15-7-16-12/h7-9H,3-6H2,1-2H3,(H2,14,15,16,17). The average Bonchev–Trinajstić information content (AvgIpc) is 2.32. The second kappa shape index (κ2) is 5.67. The maximum absolute atomic E-state index is 4.30. The van der Waals surface area contributed by atoms with Crippen molar-refractivity contribution in [3.05, 3.63) is 10.8 Å². The van der Waals surface area contributed by atoms with Crippen LogP contribution in [0, 0.1) is 5.92 Å². The van der Waals surface area contributed by atoms with Crippen LogP contribution in [0.4, 0.5) is 11.6 Å². The third-order valence-electron chi connectivity index (χ3n) is 3.30. The smallest absolute Gasteiger partial charge is 0.146 e. The Morgan fingerprint density at radius 3 is 2.76 bits per heavy atom. The molecule has 17 heavy (non-hydrogen) atoms. The van der Waals surface area contributed by atoms with Gasteiger partial charge < -0.3 is 10.6 Å². The summed E-state index contributed by atoms with van der Waals surface area (Å²) in [4.78, 5) is 8.45. The van der Waals surface area contributed by atoms with Gasteiger partial charge in [0.25, 0.3) is 0 Å². The lowest BCUT2D eigenvalue weighted by molar-refractivity contribution is 0.358. The van der Waals surface area contributed by atoms with Crippen molar-refractivity contribution in [1.29, 1.82) is 0 Å². The zero-order chi connectivity index (χ0) is 12.3. The summed E-state index contributed by atoms with van der Waals surface area (Å²) >= 11 is 3.53. The van der Waals surface area contributed by atoms with E-state index in [1.807, 2.05) is 7.05 Å². The summed E-state index contributed by atoms with van der Waals surface area (Å²) < 4.78 is 0.917. The molecule has 1 aromatic heterocycles. The molecule has 2 unspecified atom stereocenters. The van der Waals surface area contributed by atoms with Crippen LogP contribution in [0.15, 0.2) is 10.8 Å². The van der Waals surface area contributed by atoms with Gasteiger partial charge in [-0.15, -0.1) is 0 Å². The number of hydrogen-bond acceptors (Lipinski definition) is 4. The second-order valence-corrected chi connectivity index (χ2v) is 5.54. The van der Waals surface area contributed by atoms with Crippen molar-refractivity contribution in [3.63, 3.8) is 0 Å². The van der Waals surface area contributed by atoms with Gasteiger partial charge in [0.2, 0.25) is 0 Å². The predicted molar refractivity (Wildman–Crippen MR) is 74.3 cm³/mol. The topological polar surface area (TPSA) is 49.8 Å². The van der Waals surface area contributed by atoms with E-state index >= 15 is 0 Å². The highest BCUT2D eigenvalue weighted by atomic mass is 79.9. The Hall–Kier alpha value is -0.840. The van der Waals surface area contributed by atoms with Gasteiger partial charge in [-0.25, -0.2) is 9.97 Å². The van der Waals surface area contributed by atoms with Crippen molar-refractivity contribution in [2.45, 2.75) is 38.6 Å². The van der Waals surface area contributed by atoms with Gasteiger partial charge in [0.15, 0.2) is 0 Å². The number of aromatic nitrogens is 2. The van der Waals surface area contributed by atoms with E-state index in [1.54, 1.807) is 6.33 Å². The molecule has 1 saturated carbocycles. The number of halogens is 1. The molecule has 1 heterocycles. The highest BCUT2D eigenvalue weighted by Gasteiger charge is 2.20. The molecule has 0 aliphatic heterocycles. The molecule has 94 valence electrons. The largest absolute Gasteiger partial charge is 0.372 e. The summed E-state index contributed by atoms with van der Waals surface area (Å²) in [6, 6.07) is 0.537. The summed E-state index contributed by atoms with van der Waals surface area (Å²) in [6.07, 6.45) is 6.71. The maximum Gasteiger partial charge on any atom is 0.146 e. The molecule has 1 aliphatic rings. The summed E-state index contributed by atoms with van der Waals surface area (Å²) in [5.74, 6) is 2.53. The average molecular weight is 299 g/mol. The van der Waals surface area contributed by atoms with Crippen molar-refractivity contribution in [2.75, 3.05) is 17.7 Å². The third-order valence-corrected chi connectivity index (χ3v) is 4.05. The van der Waals surface area contributed by atoms with Crippen LogP contribution in [-0.2, 0) is 0 Å². The van der Waals surface area contributed by atoms with E-state index in [1.165, 1.54) is 25.7 Å². The van der Waals surface area contributed by atoms with E-state index in [9.17, 15) is 0 Å². The molecule has 0 spiro atoms. The van der Waals surface area contributed by atoms with Crippen LogP contribution in [0.5, 0.6) is 0 Å². The molecular weight excluding hydrogens is 280 g/mol. The summed E-state index contributed by atoms with van der Waals surface area (Å²) in [5, 5.41) is 6.56. The van der Waals surface area contributed by atoms with Crippen LogP contribution in [0.1, 0.15) is 32.6 Å². The molecule has 4 nitrogen and oxygen atoms in total. The molecule has 1 fully saturated rings. The van der Waals surface area contributed by atoms with E-state index < -0.39 is 0 Å². The molecular formula is C12H19BrN4. The van der Waals surface area contributed by atoms with Crippen molar-refractivity contribution >= 4 is 27.6 Å². The molecule has 0 amide bonds. The summed E-state index contributed by atoms with van der Waals surface area (Å²) in [6.45, 7) is 2.32. The molecule has 2 atom stereocenters. The van der Waals surface area contributed by atoms with Crippen LogP contribution >= 0.6 is 15.9 Å². The zero-order valence-corrected chi connectivity index (χ0v) is 11.9. The van der Waals surface area contributed by atoms with Crippen molar-refractivity contribution in [1.82, 2.24) is 9.97 Å². The molecule has 2 rings (SSSR count). The zero-order valence-electron chi connectivity index (χ0n) is 10.3. The normalized spacial score (nSPS) is 24.4. The molecule has 5 heteroatoms. The highest BCUT2D eigenvalue weighted by molar-refractivity contribution is 9.10. The molecule has 1 aromatic rings. The minimum atomic E-state index is 0.537. The van der Waals surface area contributed by atoms with Crippen LogP contribution < -0.4 is 10.6 Å². The Bertz CT molecular complexity index is 383. The molecule has 0 saturated heterocycles. The lowest BCUT2D eigenvalue weighted by atomic mass is 9.87. The Kier molecular flexibility index (Phi) is 4.20. The van der Waals surface area contributed by atoms with E-state index in [0.29, 0.717) is 6.04 Å². The van der Waals surface area contributed by atoms with Crippen LogP contribution in [0.25, 0.3) is 0 Å². The van der Waals surface area contributed by atoms with Crippen molar-refractivity contribution in [2.24, 2.45) is 5.92 Å². The summed E-state index contributed by atoms with van der Waals surface area (Å²) in [5.41, 5.74) is 0. The number of hydrogen-bond donors (Lipinski definition) is 2. The van der Waals surface area contributed by atoms with Gasteiger partial charge in [0.1, 0.15) is 22.4 Å². The molecule has 0 aromatic carbocycles. The molecule has 1 aliphatic carbocycles. The number of nitrogens with one attached hydrogen (secondary N) is 2. The number of anilines is 2. The van der Waals surface area contributed by atoms with E-state index in [-0.39, 0.29) is 0 Å². The Morgan fingerprint density at radius 1 is 1.29 bits per heavy atom. The van der Waals surface area contributed by atoms with E-state index in [0.717, 1.165) is 22.0 Å². The van der Waals surface area contributed by atoms with Gasteiger partial charge in [-0.2, -0.15) is 0 Å². The Labute approximate surface area is 111 Å². The number of rotatable bonds is 3. The van der Waals surface area contributed by atoms with Gasteiger partial charge in [0, 0.05) is 13.1 Å². The SMILES string of the molecule is CNc1ncnc(NC2CCCC(C)C2)c1Br. The number of nitrogens with zero attached hydrogens (tertiary/aromatic N) is 2. The third kappa shape index (κ3) is 3.09. The van der Waals surface area contributed by atoms with Crippen LogP contribution in [0.2, 0.25) is 0 Å². The molecule has 0 radical (unpaired) electrons. The van der Waals surface area contributed by atoms with Gasteiger partial charge in [0.05, 0.1) is 0 Å². The lowest BCUT2D eigenvalue weighted by Gasteiger charge is -2.28. The highest BCUT2D eigenvalue weighted by Crippen LogP contribution is 2.30. The first-order valence-electron chi connectivity index (χ1n) is 6.15. The second-order valence-electron chi connectivity index (χ2n) is 4.75. The maximum atomic E-state index is 4.30. The molecule has 2 N–H and O–H groups in total. The minimum absolute atomic E-state index is 0.537. The molecule has 0 bridgehead atoms. The first-order chi connectivity index (χ1) is 8.20. The monoisotopic (exact) mass is 298 g/mol. The first-order valence-corrected chi connectivity index (χ1v) is 6.94. The lowest BCUT2D eigenvalue weighted by Crippen LogP contribution is -2.26. The fraction of sp³-hybridized carbons (Fsp3) is 0.667. The fourth-order valence-corrected chi connectivity index (χ4v) is 2.92. The van der Waals surface area contributed by atoms with Gasteiger partial charge >= 0.3 is 0 Å². The van der Waals surface area contributed by atoms with E-state index in [2.05, 4.69) is 43.5 Å². The van der Waals surface area contributed by atoms with Gasteiger partial charge in [-0.1, -0.05) is 19.8 Å². The fourth-order valence-electron chi connectivity index (χ4n) is 2.40. The predicted octanol–water partition coefficient (Wildman–Crippen LogP) is 3.27.